The van der Waals surface area contributed by atoms with Crippen LogP contribution in [0, 0.1) is 0 Å². The van der Waals surface area contributed by atoms with Crippen molar-refractivity contribution in [1.82, 2.24) is 5.32 Å². The molecule has 0 fully saturated rings. The standard InChI is InChI=1S/C26H23NO2/c28-25-17-23-9-5-4-8-22(23)16-24(25)18-26(29)27-15-14-19-10-12-21(13-11-19)20-6-2-1-3-7-20/h1-13,16-17,28H,14-15,18H2,(H,27,29). The van der Waals surface area contributed by atoms with Crippen LogP contribution in [0.15, 0.2) is 91.0 Å². The van der Waals surface area contributed by atoms with E-state index in [1.807, 2.05) is 48.5 Å². The largest absolute Gasteiger partial charge is 0.508 e. The van der Waals surface area contributed by atoms with Gasteiger partial charge in [0.05, 0.1) is 6.42 Å². The number of hydrogen-bond donors (Lipinski definition) is 2. The summed E-state index contributed by atoms with van der Waals surface area (Å²) < 4.78 is 0. The van der Waals surface area contributed by atoms with Crippen molar-refractivity contribution in [2.75, 3.05) is 6.54 Å². The number of fused-ring (bicyclic) bond motifs is 1. The third-order valence-corrected chi connectivity index (χ3v) is 5.09. The molecule has 0 saturated carbocycles. The summed E-state index contributed by atoms with van der Waals surface area (Å²) in [5.41, 5.74) is 4.21. The van der Waals surface area contributed by atoms with Crippen molar-refractivity contribution in [3.05, 3.63) is 102 Å². The average Bonchev–Trinajstić information content (AvgIpc) is 2.75. The van der Waals surface area contributed by atoms with Gasteiger partial charge in [-0.25, -0.2) is 0 Å². The fourth-order valence-electron chi connectivity index (χ4n) is 3.49. The van der Waals surface area contributed by atoms with Gasteiger partial charge in [0.25, 0.3) is 0 Å². The maximum Gasteiger partial charge on any atom is 0.224 e. The normalized spacial score (nSPS) is 10.8. The van der Waals surface area contributed by atoms with Gasteiger partial charge in [-0.15, -0.1) is 0 Å². The van der Waals surface area contributed by atoms with E-state index in [0.29, 0.717) is 12.1 Å². The van der Waals surface area contributed by atoms with Gasteiger partial charge in [-0.05, 0) is 46.0 Å². The summed E-state index contributed by atoms with van der Waals surface area (Å²) in [7, 11) is 0. The Labute approximate surface area is 170 Å². The molecule has 144 valence electrons. The molecule has 2 N–H and O–H groups in total. The first-order chi connectivity index (χ1) is 14.2. The predicted molar refractivity (Wildman–Crippen MR) is 118 cm³/mol. The van der Waals surface area contributed by atoms with E-state index in [-0.39, 0.29) is 18.1 Å². The monoisotopic (exact) mass is 381 g/mol. The van der Waals surface area contributed by atoms with Gasteiger partial charge in [-0.3, -0.25) is 4.79 Å². The number of nitrogens with one attached hydrogen (secondary N) is 1. The Bertz CT molecular complexity index is 1120. The second-order valence-corrected chi connectivity index (χ2v) is 7.17. The van der Waals surface area contributed by atoms with Gasteiger partial charge in [-0.1, -0.05) is 78.9 Å². The number of benzene rings is 4. The van der Waals surface area contributed by atoms with Crippen LogP contribution >= 0.6 is 0 Å². The summed E-state index contributed by atoms with van der Waals surface area (Å²) >= 11 is 0. The molecule has 0 unspecified atom stereocenters. The van der Waals surface area contributed by atoms with Gasteiger partial charge in [-0.2, -0.15) is 0 Å². The first-order valence-electron chi connectivity index (χ1n) is 9.81. The molecule has 4 aromatic carbocycles. The lowest BCUT2D eigenvalue weighted by Crippen LogP contribution is -2.27. The van der Waals surface area contributed by atoms with E-state index >= 15 is 0 Å². The highest BCUT2D eigenvalue weighted by molar-refractivity contribution is 5.87. The fourth-order valence-corrected chi connectivity index (χ4v) is 3.49. The van der Waals surface area contributed by atoms with Crippen molar-refractivity contribution in [2.45, 2.75) is 12.8 Å². The lowest BCUT2D eigenvalue weighted by Gasteiger charge is -2.09. The minimum atomic E-state index is -0.0866. The Kier molecular flexibility index (Phi) is 5.57. The summed E-state index contributed by atoms with van der Waals surface area (Å²) in [5.74, 6) is 0.0758. The lowest BCUT2D eigenvalue weighted by atomic mass is 10.0. The molecule has 29 heavy (non-hydrogen) atoms. The number of rotatable bonds is 6. The zero-order valence-corrected chi connectivity index (χ0v) is 16.1. The van der Waals surface area contributed by atoms with Gasteiger partial charge in [0, 0.05) is 12.1 Å². The number of carbonyl (C=O) groups excluding carboxylic acids is 1. The van der Waals surface area contributed by atoms with Crippen molar-refractivity contribution < 1.29 is 9.90 Å². The van der Waals surface area contributed by atoms with Crippen molar-refractivity contribution in [2.24, 2.45) is 0 Å². The maximum atomic E-state index is 12.3. The topological polar surface area (TPSA) is 49.3 Å². The summed E-state index contributed by atoms with van der Waals surface area (Å²) in [5, 5.41) is 15.1. The number of phenolic OH excluding ortho intramolecular Hbond substituents is 1. The van der Waals surface area contributed by atoms with Crippen molar-refractivity contribution in [1.29, 1.82) is 0 Å². The van der Waals surface area contributed by atoms with E-state index in [1.165, 1.54) is 16.7 Å². The molecule has 3 nitrogen and oxygen atoms in total. The highest BCUT2D eigenvalue weighted by Crippen LogP contribution is 2.25. The first kappa shape index (κ1) is 18.8. The van der Waals surface area contributed by atoms with E-state index < -0.39 is 0 Å². The minimum Gasteiger partial charge on any atom is -0.508 e. The zero-order valence-electron chi connectivity index (χ0n) is 16.1. The van der Waals surface area contributed by atoms with Crippen molar-refractivity contribution in [3.8, 4) is 16.9 Å². The van der Waals surface area contributed by atoms with E-state index in [1.54, 1.807) is 6.07 Å². The molecule has 0 atom stereocenters. The summed E-state index contributed by atoms with van der Waals surface area (Å²) in [6.45, 7) is 0.567. The SMILES string of the molecule is O=C(Cc1cc2ccccc2cc1O)NCCc1ccc(-c2ccccc2)cc1. The third-order valence-electron chi connectivity index (χ3n) is 5.09. The molecule has 0 aliphatic rings. The van der Waals surface area contributed by atoms with Gasteiger partial charge in [0.1, 0.15) is 5.75 Å². The van der Waals surface area contributed by atoms with Crippen LogP contribution in [0.3, 0.4) is 0 Å². The first-order valence-corrected chi connectivity index (χ1v) is 9.81. The van der Waals surface area contributed by atoms with Gasteiger partial charge < -0.3 is 10.4 Å². The van der Waals surface area contributed by atoms with Gasteiger partial charge in [0.2, 0.25) is 5.91 Å². The third kappa shape index (κ3) is 4.64. The lowest BCUT2D eigenvalue weighted by molar-refractivity contribution is -0.120. The molecule has 0 saturated heterocycles. The summed E-state index contributed by atoms with van der Waals surface area (Å²) in [6.07, 6.45) is 0.939. The van der Waals surface area contributed by atoms with E-state index in [0.717, 1.165) is 17.2 Å². The smallest absolute Gasteiger partial charge is 0.224 e. The van der Waals surface area contributed by atoms with Crippen LogP contribution < -0.4 is 5.32 Å². The van der Waals surface area contributed by atoms with E-state index in [2.05, 4.69) is 41.7 Å². The van der Waals surface area contributed by atoms with Crippen LogP contribution in [0.5, 0.6) is 5.75 Å². The average molecular weight is 381 g/mol. The Morgan fingerprint density at radius 3 is 2.10 bits per heavy atom. The van der Waals surface area contributed by atoms with Gasteiger partial charge >= 0.3 is 0 Å². The van der Waals surface area contributed by atoms with Crippen LogP contribution in [0.25, 0.3) is 21.9 Å². The quantitative estimate of drug-likeness (QED) is 0.487. The number of amides is 1. The Morgan fingerprint density at radius 1 is 0.759 bits per heavy atom. The molecule has 1 amide bonds. The Morgan fingerprint density at radius 2 is 1.38 bits per heavy atom. The molecule has 4 rings (SSSR count). The molecular weight excluding hydrogens is 358 g/mol. The number of carbonyl (C=O) groups is 1. The Hall–Kier alpha value is -3.59. The molecule has 0 aliphatic carbocycles. The number of hydrogen-bond acceptors (Lipinski definition) is 2. The fraction of sp³-hybridized carbons (Fsp3) is 0.115. The molecule has 0 heterocycles. The molecule has 0 aliphatic heterocycles. The molecule has 0 radical (unpaired) electrons. The van der Waals surface area contributed by atoms with Gasteiger partial charge in [0.15, 0.2) is 0 Å². The highest BCUT2D eigenvalue weighted by Gasteiger charge is 2.09. The maximum absolute atomic E-state index is 12.3. The Balaban J connectivity index is 1.32. The molecule has 3 heteroatoms. The van der Waals surface area contributed by atoms with Crippen LogP contribution in [-0.4, -0.2) is 17.6 Å². The number of aromatic hydroxyl groups is 1. The predicted octanol–water partition coefficient (Wildman–Crippen LogP) is 5.11. The van der Waals surface area contributed by atoms with Crippen LogP contribution in [0.2, 0.25) is 0 Å². The second-order valence-electron chi connectivity index (χ2n) is 7.17. The second kappa shape index (κ2) is 8.61. The zero-order chi connectivity index (χ0) is 20.1. The summed E-state index contributed by atoms with van der Waals surface area (Å²) in [4.78, 5) is 12.3. The van der Waals surface area contributed by atoms with Crippen LogP contribution in [-0.2, 0) is 17.6 Å². The molecule has 0 aromatic heterocycles. The van der Waals surface area contributed by atoms with Crippen LogP contribution in [0.1, 0.15) is 11.1 Å². The van der Waals surface area contributed by atoms with Crippen molar-refractivity contribution >= 4 is 16.7 Å². The van der Waals surface area contributed by atoms with E-state index in [4.69, 9.17) is 0 Å². The summed E-state index contributed by atoms with van der Waals surface area (Å²) in [6, 6.07) is 30.1. The highest BCUT2D eigenvalue weighted by atomic mass is 16.3. The molecule has 4 aromatic rings. The van der Waals surface area contributed by atoms with E-state index in [9.17, 15) is 9.90 Å². The van der Waals surface area contributed by atoms with Crippen molar-refractivity contribution in [3.63, 3.8) is 0 Å². The molecule has 0 bridgehead atoms. The molecular formula is C26H23NO2. The number of phenols is 1. The minimum absolute atomic E-state index is 0.0866. The van der Waals surface area contributed by atoms with Crippen LogP contribution in [0.4, 0.5) is 0 Å². The molecule has 0 spiro atoms.